The Hall–Kier alpha value is -1.68. The van der Waals surface area contributed by atoms with Gasteiger partial charge in [-0.2, -0.15) is 0 Å². The van der Waals surface area contributed by atoms with Gasteiger partial charge in [0.1, 0.15) is 5.69 Å². The SMILES string of the molecule is O=C1CCCc2sc(N3CCc4ccccc4C3)nc21. The number of carbonyl (C=O) groups is 1. The number of carbonyl (C=O) groups excluding carboxylic acids is 1. The molecule has 20 heavy (non-hydrogen) atoms. The van der Waals surface area contributed by atoms with Crippen molar-refractivity contribution < 1.29 is 4.79 Å². The van der Waals surface area contributed by atoms with E-state index in [9.17, 15) is 4.79 Å². The van der Waals surface area contributed by atoms with Gasteiger partial charge in [-0.1, -0.05) is 24.3 Å². The minimum absolute atomic E-state index is 0.228. The summed E-state index contributed by atoms with van der Waals surface area (Å²) in [5.74, 6) is 0.228. The normalized spacial score (nSPS) is 17.8. The Morgan fingerprint density at radius 2 is 1.95 bits per heavy atom. The minimum Gasteiger partial charge on any atom is -0.343 e. The monoisotopic (exact) mass is 284 g/mol. The van der Waals surface area contributed by atoms with Crippen molar-refractivity contribution in [2.24, 2.45) is 0 Å². The first-order valence-corrected chi connectivity index (χ1v) is 7.97. The number of hydrogen-bond acceptors (Lipinski definition) is 4. The minimum atomic E-state index is 0.228. The smallest absolute Gasteiger partial charge is 0.186 e. The number of Topliss-reactive ketones (excluding diaryl/α,β-unsaturated/α-hetero) is 1. The zero-order valence-corrected chi connectivity index (χ0v) is 12.1. The lowest BCUT2D eigenvalue weighted by atomic mass is 10.0. The van der Waals surface area contributed by atoms with Gasteiger partial charge in [0.15, 0.2) is 10.9 Å². The highest BCUT2D eigenvalue weighted by atomic mass is 32.1. The molecule has 0 N–H and O–H groups in total. The molecule has 0 spiro atoms. The Bertz CT molecular complexity index is 677. The van der Waals surface area contributed by atoms with Crippen LogP contribution in [-0.4, -0.2) is 17.3 Å². The Balaban J connectivity index is 1.65. The maximum atomic E-state index is 11.9. The Morgan fingerprint density at radius 3 is 2.80 bits per heavy atom. The van der Waals surface area contributed by atoms with E-state index in [2.05, 4.69) is 34.1 Å². The summed E-state index contributed by atoms with van der Waals surface area (Å²) in [5.41, 5.74) is 3.58. The van der Waals surface area contributed by atoms with Gasteiger partial charge in [-0.05, 0) is 30.4 Å². The third kappa shape index (κ3) is 1.95. The number of rotatable bonds is 1. The second kappa shape index (κ2) is 4.70. The number of anilines is 1. The molecule has 0 saturated carbocycles. The standard InChI is InChI=1S/C16H16N2OS/c19-13-6-3-7-14-15(13)17-16(20-14)18-9-8-11-4-1-2-5-12(11)10-18/h1-2,4-5H,3,6-10H2. The molecule has 1 aliphatic carbocycles. The van der Waals surface area contributed by atoms with Gasteiger partial charge in [0.05, 0.1) is 0 Å². The highest BCUT2D eigenvalue weighted by molar-refractivity contribution is 7.16. The van der Waals surface area contributed by atoms with Crippen LogP contribution >= 0.6 is 11.3 Å². The average molecular weight is 284 g/mol. The van der Waals surface area contributed by atoms with E-state index >= 15 is 0 Å². The van der Waals surface area contributed by atoms with Crippen LogP contribution in [0.25, 0.3) is 0 Å². The molecule has 102 valence electrons. The highest BCUT2D eigenvalue weighted by Crippen LogP contribution is 2.34. The molecular weight excluding hydrogens is 268 g/mol. The maximum Gasteiger partial charge on any atom is 0.186 e. The molecule has 0 atom stereocenters. The first-order chi connectivity index (χ1) is 9.81. The molecule has 2 aromatic rings. The number of hydrogen-bond donors (Lipinski definition) is 0. The molecule has 4 heteroatoms. The van der Waals surface area contributed by atoms with Crippen LogP contribution in [-0.2, 0) is 19.4 Å². The topological polar surface area (TPSA) is 33.2 Å². The van der Waals surface area contributed by atoms with Crippen molar-refractivity contribution in [3.05, 3.63) is 46.0 Å². The quantitative estimate of drug-likeness (QED) is 0.806. The number of aryl methyl sites for hydroxylation is 1. The molecule has 0 amide bonds. The van der Waals surface area contributed by atoms with Crippen LogP contribution in [0.15, 0.2) is 24.3 Å². The first kappa shape index (κ1) is 12.1. The van der Waals surface area contributed by atoms with E-state index in [4.69, 9.17) is 0 Å². The van der Waals surface area contributed by atoms with Gasteiger partial charge in [0.25, 0.3) is 0 Å². The van der Waals surface area contributed by atoms with Crippen LogP contribution in [0, 0.1) is 0 Å². The molecule has 2 heterocycles. The lowest BCUT2D eigenvalue weighted by molar-refractivity contribution is 0.0968. The summed E-state index contributed by atoms with van der Waals surface area (Å²) in [6.07, 6.45) is 3.73. The fraction of sp³-hybridized carbons (Fsp3) is 0.375. The van der Waals surface area contributed by atoms with Crippen LogP contribution < -0.4 is 4.90 Å². The van der Waals surface area contributed by atoms with Crippen molar-refractivity contribution in [3.8, 4) is 0 Å². The zero-order valence-electron chi connectivity index (χ0n) is 11.3. The largest absolute Gasteiger partial charge is 0.343 e. The van der Waals surface area contributed by atoms with Crippen molar-refractivity contribution in [2.75, 3.05) is 11.4 Å². The van der Waals surface area contributed by atoms with Gasteiger partial charge in [-0.3, -0.25) is 4.79 Å². The fourth-order valence-corrected chi connectivity index (χ4v) is 4.19. The van der Waals surface area contributed by atoms with E-state index in [1.165, 1.54) is 16.0 Å². The number of nitrogens with zero attached hydrogens (tertiary/aromatic N) is 2. The maximum absolute atomic E-state index is 11.9. The van der Waals surface area contributed by atoms with Gasteiger partial charge in [0.2, 0.25) is 0 Å². The first-order valence-electron chi connectivity index (χ1n) is 7.16. The van der Waals surface area contributed by atoms with Crippen LogP contribution in [0.1, 0.15) is 39.3 Å². The third-order valence-electron chi connectivity index (χ3n) is 4.16. The molecule has 4 rings (SSSR count). The molecule has 1 aliphatic heterocycles. The summed E-state index contributed by atoms with van der Waals surface area (Å²) in [5, 5.41) is 1.03. The number of aromatic nitrogens is 1. The van der Waals surface area contributed by atoms with Gasteiger partial charge in [-0.25, -0.2) is 4.98 Å². The summed E-state index contributed by atoms with van der Waals surface area (Å²) >= 11 is 1.71. The van der Waals surface area contributed by atoms with Crippen molar-refractivity contribution in [1.82, 2.24) is 4.98 Å². The molecule has 3 nitrogen and oxygen atoms in total. The molecule has 0 radical (unpaired) electrons. The molecular formula is C16H16N2OS. The molecule has 0 unspecified atom stereocenters. The zero-order chi connectivity index (χ0) is 13.5. The molecule has 0 saturated heterocycles. The fourth-order valence-electron chi connectivity index (χ4n) is 3.05. The van der Waals surface area contributed by atoms with E-state index in [0.717, 1.165) is 43.2 Å². The predicted octanol–water partition coefficient (Wildman–Crippen LogP) is 3.22. The second-order valence-electron chi connectivity index (χ2n) is 5.49. The van der Waals surface area contributed by atoms with Gasteiger partial charge in [-0.15, -0.1) is 11.3 Å². The van der Waals surface area contributed by atoms with Gasteiger partial charge < -0.3 is 4.90 Å². The Kier molecular flexibility index (Phi) is 2.84. The van der Waals surface area contributed by atoms with Crippen molar-refractivity contribution in [3.63, 3.8) is 0 Å². The molecule has 2 aliphatic rings. The van der Waals surface area contributed by atoms with Crippen LogP contribution in [0.2, 0.25) is 0 Å². The lowest BCUT2D eigenvalue weighted by Crippen LogP contribution is -2.30. The Labute approximate surface area is 122 Å². The molecule has 0 fully saturated rings. The van der Waals surface area contributed by atoms with E-state index in [1.807, 2.05) is 0 Å². The van der Waals surface area contributed by atoms with Crippen molar-refractivity contribution in [1.29, 1.82) is 0 Å². The van der Waals surface area contributed by atoms with Crippen LogP contribution in [0.4, 0.5) is 5.13 Å². The second-order valence-corrected chi connectivity index (χ2v) is 6.55. The highest BCUT2D eigenvalue weighted by Gasteiger charge is 2.25. The number of benzene rings is 1. The molecule has 0 bridgehead atoms. The summed E-state index contributed by atoms with van der Waals surface area (Å²) < 4.78 is 0. The molecule has 1 aromatic heterocycles. The van der Waals surface area contributed by atoms with E-state index in [1.54, 1.807) is 11.3 Å². The van der Waals surface area contributed by atoms with Crippen LogP contribution in [0.5, 0.6) is 0 Å². The van der Waals surface area contributed by atoms with Crippen molar-refractivity contribution in [2.45, 2.75) is 32.2 Å². The van der Waals surface area contributed by atoms with Crippen LogP contribution in [0.3, 0.4) is 0 Å². The lowest BCUT2D eigenvalue weighted by Gasteiger charge is -2.28. The summed E-state index contributed by atoms with van der Waals surface area (Å²) in [4.78, 5) is 20.0. The molecule has 1 aromatic carbocycles. The number of fused-ring (bicyclic) bond motifs is 2. The third-order valence-corrected chi connectivity index (χ3v) is 5.33. The van der Waals surface area contributed by atoms with Gasteiger partial charge in [0, 0.05) is 24.4 Å². The number of thiazole rings is 1. The van der Waals surface area contributed by atoms with E-state index in [-0.39, 0.29) is 5.78 Å². The van der Waals surface area contributed by atoms with Crippen molar-refractivity contribution >= 4 is 22.3 Å². The van der Waals surface area contributed by atoms with E-state index in [0.29, 0.717) is 6.42 Å². The average Bonchev–Trinajstić information content (AvgIpc) is 2.92. The summed E-state index contributed by atoms with van der Waals surface area (Å²) in [6.45, 7) is 1.91. The summed E-state index contributed by atoms with van der Waals surface area (Å²) in [7, 11) is 0. The summed E-state index contributed by atoms with van der Waals surface area (Å²) in [6, 6.07) is 8.61. The van der Waals surface area contributed by atoms with Gasteiger partial charge >= 0.3 is 0 Å². The number of ketones is 1. The predicted molar refractivity (Wildman–Crippen MR) is 80.6 cm³/mol. The Morgan fingerprint density at radius 1 is 1.10 bits per heavy atom. The van der Waals surface area contributed by atoms with E-state index < -0.39 is 0 Å².